The molecule has 0 radical (unpaired) electrons. The minimum absolute atomic E-state index is 0.0462. The minimum Gasteiger partial charge on any atom is -0.481 e. The number of nitrogens with one attached hydrogen (secondary N) is 1. The Balaban J connectivity index is 2.59. The Morgan fingerprint density at radius 3 is 2.94 bits per heavy atom. The summed E-state index contributed by atoms with van der Waals surface area (Å²) < 4.78 is 18.4. The summed E-state index contributed by atoms with van der Waals surface area (Å²) in [5, 5.41) is 11.3. The van der Waals surface area contributed by atoms with E-state index in [1.807, 2.05) is 0 Å². The largest absolute Gasteiger partial charge is 0.481 e. The second-order valence-electron chi connectivity index (χ2n) is 3.46. The van der Waals surface area contributed by atoms with E-state index in [9.17, 15) is 9.18 Å². The molecule has 1 rings (SSSR count). The Morgan fingerprint density at radius 2 is 2.35 bits per heavy atom. The van der Waals surface area contributed by atoms with Crippen molar-refractivity contribution in [1.82, 2.24) is 9.97 Å². The van der Waals surface area contributed by atoms with E-state index >= 15 is 0 Å². The maximum atomic E-state index is 13.5. The third-order valence-corrected chi connectivity index (χ3v) is 2.20. The molecule has 17 heavy (non-hydrogen) atoms. The van der Waals surface area contributed by atoms with Crippen molar-refractivity contribution in [2.24, 2.45) is 0 Å². The number of carbonyl (C=O) groups is 1. The zero-order valence-electron chi connectivity index (χ0n) is 9.61. The van der Waals surface area contributed by atoms with E-state index in [1.165, 1.54) is 20.4 Å². The first-order valence-electron chi connectivity index (χ1n) is 5.00. The van der Waals surface area contributed by atoms with Crippen LogP contribution >= 0.6 is 0 Å². The number of rotatable bonds is 6. The zero-order chi connectivity index (χ0) is 12.8. The lowest BCUT2D eigenvalue weighted by Gasteiger charge is -2.14. The summed E-state index contributed by atoms with van der Waals surface area (Å²) in [7, 11) is 1.40. The van der Waals surface area contributed by atoms with Crippen molar-refractivity contribution in [3.63, 3.8) is 0 Å². The Kier molecular flexibility index (Phi) is 4.77. The van der Waals surface area contributed by atoms with Crippen LogP contribution in [0.1, 0.15) is 12.1 Å². The number of nitrogens with zero attached hydrogens (tertiary/aromatic N) is 2. The van der Waals surface area contributed by atoms with Gasteiger partial charge in [0, 0.05) is 13.7 Å². The fourth-order valence-electron chi connectivity index (χ4n) is 1.23. The van der Waals surface area contributed by atoms with Crippen molar-refractivity contribution in [1.29, 1.82) is 0 Å². The van der Waals surface area contributed by atoms with E-state index in [0.717, 1.165) is 0 Å². The van der Waals surface area contributed by atoms with Crippen LogP contribution < -0.4 is 5.32 Å². The molecule has 0 aliphatic heterocycles. The summed E-state index contributed by atoms with van der Waals surface area (Å²) in [5.41, 5.74) is 0.231. The normalized spacial score (nSPS) is 12.2. The van der Waals surface area contributed by atoms with Crippen LogP contribution in [-0.2, 0) is 9.53 Å². The average molecular weight is 243 g/mol. The molecular formula is C10H14FN3O3. The van der Waals surface area contributed by atoms with E-state index in [-0.39, 0.29) is 24.5 Å². The number of hydrogen-bond acceptors (Lipinski definition) is 5. The summed E-state index contributed by atoms with van der Waals surface area (Å²) in [6, 6.07) is 0. The molecule has 0 amide bonds. The lowest BCUT2D eigenvalue weighted by molar-refractivity contribution is -0.139. The van der Waals surface area contributed by atoms with Crippen LogP contribution in [0.2, 0.25) is 0 Å². The molecule has 0 spiro atoms. The Labute approximate surface area is 97.8 Å². The van der Waals surface area contributed by atoms with Gasteiger partial charge in [-0.05, 0) is 6.92 Å². The number of methoxy groups -OCH3 is 1. The highest BCUT2D eigenvalue weighted by Crippen LogP contribution is 2.12. The van der Waals surface area contributed by atoms with Gasteiger partial charge in [0.15, 0.2) is 11.6 Å². The van der Waals surface area contributed by atoms with Gasteiger partial charge >= 0.3 is 5.97 Å². The highest BCUT2D eigenvalue weighted by molar-refractivity contribution is 5.67. The Bertz CT molecular complexity index is 400. The number of aryl methyl sites for hydroxylation is 1. The lowest BCUT2D eigenvalue weighted by Crippen LogP contribution is -2.25. The van der Waals surface area contributed by atoms with Crippen LogP contribution in [0.5, 0.6) is 0 Å². The predicted molar refractivity (Wildman–Crippen MR) is 58.3 cm³/mol. The molecule has 6 nitrogen and oxygen atoms in total. The van der Waals surface area contributed by atoms with Gasteiger partial charge in [0.2, 0.25) is 0 Å². The molecule has 1 heterocycles. The van der Waals surface area contributed by atoms with Crippen LogP contribution in [0.3, 0.4) is 0 Å². The number of carboxylic acid groups (broad SMARTS) is 1. The molecule has 1 atom stereocenters. The lowest BCUT2D eigenvalue weighted by atomic mass is 10.2. The molecule has 7 heteroatoms. The standard InChI is InChI=1S/C10H14FN3O3/c1-6-9(11)10(14-5-13-6)12-4-7(17-2)3-8(15)16/h5,7H,3-4H2,1-2H3,(H,15,16)(H,12,13,14). The smallest absolute Gasteiger partial charge is 0.306 e. The van der Waals surface area contributed by atoms with Gasteiger partial charge in [-0.3, -0.25) is 4.79 Å². The summed E-state index contributed by atoms with van der Waals surface area (Å²) >= 11 is 0. The molecule has 0 saturated heterocycles. The highest BCUT2D eigenvalue weighted by Gasteiger charge is 2.14. The second kappa shape index (κ2) is 6.09. The summed E-state index contributed by atoms with van der Waals surface area (Å²) in [6.45, 7) is 1.68. The first-order chi connectivity index (χ1) is 8.04. The molecule has 1 aromatic rings. The van der Waals surface area contributed by atoms with Crippen molar-refractivity contribution < 1.29 is 19.0 Å². The van der Waals surface area contributed by atoms with E-state index in [2.05, 4.69) is 15.3 Å². The number of aromatic nitrogens is 2. The molecule has 1 aromatic heterocycles. The zero-order valence-corrected chi connectivity index (χ0v) is 9.61. The van der Waals surface area contributed by atoms with Gasteiger partial charge in [0.25, 0.3) is 0 Å². The highest BCUT2D eigenvalue weighted by atomic mass is 19.1. The van der Waals surface area contributed by atoms with E-state index in [1.54, 1.807) is 0 Å². The van der Waals surface area contributed by atoms with Gasteiger partial charge in [-0.2, -0.15) is 0 Å². The van der Waals surface area contributed by atoms with Crippen molar-refractivity contribution >= 4 is 11.8 Å². The molecule has 0 aliphatic rings. The third kappa shape index (κ3) is 3.95. The van der Waals surface area contributed by atoms with Gasteiger partial charge in [-0.25, -0.2) is 14.4 Å². The van der Waals surface area contributed by atoms with Crippen molar-refractivity contribution in [2.45, 2.75) is 19.4 Å². The van der Waals surface area contributed by atoms with Crippen molar-refractivity contribution in [3.8, 4) is 0 Å². The molecule has 0 saturated carbocycles. The van der Waals surface area contributed by atoms with Crippen LogP contribution in [-0.4, -0.2) is 40.8 Å². The van der Waals surface area contributed by atoms with Crippen molar-refractivity contribution in [3.05, 3.63) is 17.8 Å². The summed E-state index contributed by atoms with van der Waals surface area (Å²) in [4.78, 5) is 17.9. The van der Waals surface area contributed by atoms with Gasteiger partial charge in [-0.1, -0.05) is 0 Å². The van der Waals surface area contributed by atoms with E-state index in [0.29, 0.717) is 0 Å². The Morgan fingerprint density at radius 1 is 1.65 bits per heavy atom. The SMILES string of the molecule is COC(CNc1ncnc(C)c1F)CC(=O)O. The first kappa shape index (κ1) is 13.3. The topological polar surface area (TPSA) is 84.3 Å². The van der Waals surface area contributed by atoms with Gasteiger partial charge in [0.1, 0.15) is 6.33 Å². The number of hydrogen-bond donors (Lipinski definition) is 2. The molecule has 1 unspecified atom stereocenters. The molecular weight excluding hydrogens is 229 g/mol. The summed E-state index contributed by atoms with van der Waals surface area (Å²) in [6.07, 6.45) is 0.539. The van der Waals surface area contributed by atoms with E-state index in [4.69, 9.17) is 9.84 Å². The maximum absolute atomic E-state index is 13.5. The molecule has 0 aromatic carbocycles. The van der Waals surface area contributed by atoms with Crippen LogP contribution in [0.25, 0.3) is 0 Å². The predicted octanol–water partition coefficient (Wildman–Crippen LogP) is 0.826. The fraction of sp³-hybridized carbons (Fsp3) is 0.500. The molecule has 0 bridgehead atoms. The monoisotopic (exact) mass is 243 g/mol. The molecule has 0 aliphatic carbocycles. The Hall–Kier alpha value is -1.76. The number of aliphatic carboxylic acids is 1. The molecule has 0 fully saturated rings. The van der Waals surface area contributed by atoms with Gasteiger partial charge in [0.05, 0.1) is 18.2 Å². The summed E-state index contributed by atoms with van der Waals surface area (Å²) in [5.74, 6) is -1.47. The van der Waals surface area contributed by atoms with Crippen molar-refractivity contribution in [2.75, 3.05) is 19.0 Å². The fourth-order valence-corrected chi connectivity index (χ4v) is 1.23. The third-order valence-electron chi connectivity index (χ3n) is 2.20. The van der Waals surface area contributed by atoms with Crippen LogP contribution in [0.15, 0.2) is 6.33 Å². The average Bonchev–Trinajstić information content (AvgIpc) is 2.28. The number of halogens is 1. The molecule has 2 N–H and O–H groups in total. The van der Waals surface area contributed by atoms with Crippen LogP contribution in [0, 0.1) is 12.7 Å². The molecule has 94 valence electrons. The minimum atomic E-state index is -0.974. The van der Waals surface area contributed by atoms with E-state index < -0.39 is 17.9 Å². The number of anilines is 1. The quantitative estimate of drug-likeness (QED) is 0.769. The second-order valence-corrected chi connectivity index (χ2v) is 3.46. The number of carboxylic acids is 1. The van der Waals surface area contributed by atoms with Crippen LogP contribution in [0.4, 0.5) is 10.2 Å². The van der Waals surface area contributed by atoms with Gasteiger partial charge < -0.3 is 15.2 Å². The maximum Gasteiger partial charge on any atom is 0.306 e. The van der Waals surface area contributed by atoms with Gasteiger partial charge in [-0.15, -0.1) is 0 Å². The number of ether oxygens (including phenoxy) is 1. The first-order valence-corrected chi connectivity index (χ1v) is 5.00.